The number of hydrogen-bond acceptors (Lipinski definition) is 8. The molecule has 1 aromatic carbocycles. The average Bonchev–Trinajstić information content (AvgIpc) is 2.82. The van der Waals surface area contributed by atoms with Crippen molar-refractivity contribution in [3.05, 3.63) is 65.4 Å². The second-order valence-electron chi connectivity index (χ2n) is 8.00. The third kappa shape index (κ3) is 6.07. The summed E-state index contributed by atoms with van der Waals surface area (Å²) in [6.07, 6.45) is -3.36. The third-order valence-corrected chi connectivity index (χ3v) is 5.36. The molecule has 0 aliphatic carbocycles. The van der Waals surface area contributed by atoms with Crippen LogP contribution < -0.4 is 10.2 Å². The van der Waals surface area contributed by atoms with Gasteiger partial charge in [-0.2, -0.15) is 23.3 Å². The van der Waals surface area contributed by atoms with E-state index in [1.54, 1.807) is 30.0 Å². The molecule has 0 radical (unpaired) electrons. The fourth-order valence-electron chi connectivity index (χ4n) is 3.57. The molecule has 3 heterocycles. The highest BCUT2D eigenvalue weighted by Crippen LogP contribution is 2.31. The van der Waals surface area contributed by atoms with Crippen molar-refractivity contribution in [2.75, 3.05) is 30.0 Å². The number of aryl methyl sites for hydroxylation is 1. The van der Waals surface area contributed by atoms with Gasteiger partial charge in [0.2, 0.25) is 0 Å². The van der Waals surface area contributed by atoms with Crippen LogP contribution in [0.3, 0.4) is 0 Å². The Hall–Kier alpha value is -3.67. The second-order valence-corrected chi connectivity index (χ2v) is 8.00. The van der Waals surface area contributed by atoms with E-state index in [1.165, 1.54) is 6.07 Å². The molecule has 1 unspecified atom stereocenters. The number of nitrogens with zero attached hydrogens (tertiary/aromatic N) is 6. The van der Waals surface area contributed by atoms with Crippen LogP contribution in [0.25, 0.3) is 0 Å². The van der Waals surface area contributed by atoms with Gasteiger partial charge in [0.25, 0.3) is 5.95 Å². The minimum absolute atomic E-state index is 0.0275. The molecular weight excluding hydrogens is 466 g/mol. The number of hydrogen-bond donors (Lipinski definition) is 1. The number of azo groups is 1. The summed E-state index contributed by atoms with van der Waals surface area (Å²) in [5, 5.41) is 11.0. The highest BCUT2D eigenvalue weighted by Gasteiger charge is 2.30. The van der Waals surface area contributed by atoms with Crippen molar-refractivity contribution in [3.63, 3.8) is 0 Å². The smallest absolute Gasteiger partial charge is 0.377 e. The van der Waals surface area contributed by atoms with Crippen LogP contribution in [0.15, 0.2) is 52.8 Å². The lowest BCUT2D eigenvalue weighted by Gasteiger charge is -2.34. The van der Waals surface area contributed by atoms with Crippen LogP contribution in [0.5, 0.6) is 0 Å². The minimum atomic E-state index is -4.42. The number of pyridine rings is 1. The van der Waals surface area contributed by atoms with Crippen molar-refractivity contribution < 1.29 is 22.3 Å². The van der Waals surface area contributed by atoms with Crippen LogP contribution >= 0.6 is 0 Å². The van der Waals surface area contributed by atoms with Crippen molar-refractivity contribution in [2.45, 2.75) is 32.6 Å². The number of nitrogens with one attached hydrogen (secondary N) is 1. The summed E-state index contributed by atoms with van der Waals surface area (Å²) < 4.78 is 58.5. The van der Waals surface area contributed by atoms with Gasteiger partial charge >= 0.3 is 6.18 Å². The monoisotopic (exact) mass is 489 g/mol. The normalized spacial score (nSPS) is 16.6. The van der Waals surface area contributed by atoms with Gasteiger partial charge in [-0.05, 0) is 44.2 Å². The summed E-state index contributed by atoms with van der Waals surface area (Å²) in [5.74, 6) is -0.359. The predicted octanol–water partition coefficient (Wildman–Crippen LogP) is 5.59. The van der Waals surface area contributed by atoms with Gasteiger partial charge in [-0.3, -0.25) is 4.98 Å². The highest BCUT2D eigenvalue weighted by atomic mass is 19.4. The first-order chi connectivity index (χ1) is 16.7. The summed E-state index contributed by atoms with van der Waals surface area (Å²) >= 11 is 0. The zero-order valence-electron chi connectivity index (χ0n) is 19.1. The second kappa shape index (κ2) is 10.3. The van der Waals surface area contributed by atoms with Crippen molar-refractivity contribution in [2.24, 2.45) is 10.2 Å². The van der Waals surface area contributed by atoms with Gasteiger partial charge in [-0.1, -0.05) is 6.07 Å². The van der Waals surface area contributed by atoms with E-state index in [0.29, 0.717) is 42.5 Å². The molecule has 0 spiro atoms. The maximum Gasteiger partial charge on any atom is 0.416 e. The Balaban J connectivity index is 1.42. The molecule has 1 N–H and O–H groups in total. The van der Waals surface area contributed by atoms with Crippen molar-refractivity contribution in [3.8, 4) is 0 Å². The number of anilines is 3. The summed E-state index contributed by atoms with van der Waals surface area (Å²) in [4.78, 5) is 14.3. The molecule has 0 amide bonds. The molecule has 4 rings (SSSR count). The van der Waals surface area contributed by atoms with Crippen LogP contribution in [-0.4, -0.2) is 40.8 Å². The molecule has 0 saturated carbocycles. The molecule has 8 nitrogen and oxygen atoms in total. The zero-order valence-corrected chi connectivity index (χ0v) is 19.1. The van der Waals surface area contributed by atoms with E-state index in [-0.39, 0.29) is 24.4 Å². The largest absolute Gasteiger partial charge is 0.416 e. The van der Waals surface area contributed by atoms with E-state index in [0.717, 1.165) is 18.3 Å². The predicted molar refractivity (Wildman–Crippen MR) is 122 cm³/mol. The minimum Gasteiger partial charge on any atom is -0.377 e. The number of ether oxygens (including phenoxy) is 1. The summed E-state index contributed by atoms with van der Waals surface area (Å²) in [5.41, 5.74) is 1.30. The molecular formula is C23H23F4N7O. The Morgan fingerprint density at radius 3 is 2.77 bits per heavy atom. The van der Waals surface area contributed by atoms with Crippen LogP contribution in [0.2, 0.25) is 0 Å². The van der Waals surface area contributed by atoms with Gasteiger partial charge in [0.1, 0.15) is 6.54 Å². The van der Waals surface area contributed by atoms with E-state index in [2.05, 4.69) is 30.5 Å². The maximum absolute atomic E-state index is 14.3. The van der Waals surface area contributed by atoms with Gasteiger partial charge in [0.05, 0.1) is 48.1 Å². The molecule has 1 aliphatic rings. The number of morpholine rings is 1. The van der Waals surface area contributed by atoms with E-state index in [4.69, 9.17) is 4.74 Å². The molecule has 184 valence electrons. The zero-order chi connectivity index (χ0) is 25.0. The fourth-order valence-corrected chi connectivity index (χ4v) is 3.57. The van der Waals surface area contributed by atoms with Crippen LogP contribution in [0, 0.1) is 12.7 Å². The van der Waals surface area contributed by atoms with Crippen LogP contribution in [-0.2, 0) is 17.5 Å². The lowest BCUT2D eigenvalue weighted by Crippen LogP contribution is -2.44. The molecule has 3 aromatic rings. The Bertz CT molecular complexity index is 1220. The molecule has 35 heavy (non-hydrogen) atoms. The van der Waals surface area contributed by atoms with E-state index in [1.807, 2.05) is 6.92 Å². The quantitative estimate of drug-likeness (QED) is 0.359. The maximum atomic E-state index is 14.3. The first kappa shape index (κ1) is 24.5. The summed E-state index contributed by atoms with van der Waals surface area (Å²) in [6, 6.07) is 8.30. The first-order valence-corrected chi connectivity index (χ1v) is 10.9. The van der Waals surface area contributed by atoms with Crippen LogP contribution in [0.1, 0.15) is 23.9 Å². The van der Waals surface area contributed by atoms with Crippen molar-refractivity contribution in [1.29, 1.82) is 0 Å². The van der Waals surface area contributed by atoms with E-state index in [9.17, 15) is 17.6 Å². The van der Waals surface area contributed by atoms with Crippen molar-refractivity contribution in [1.82, 2.24) is 15.0 Å². The molecule has 1 aliphatic heterocycles. The average molecular weight is 489 g/mol. The molecule has 12 heteroatoms. The number of rotatable bonds is 6. The molecule has 1 saturated heterocycles. The topological polar surface area (TPSA) is 87.9 Å². The van der Waals surface area contributed by atoms with E-state index < -0.39 is 17.6 Å². The highest BCUT2D eigenvalue weighted by molar-refractivity contribution is 5.62. The molecule has 1 fully saturated rings. The van der Waals surface area contributed by atoms with Gasteiger partial charge in [-0.15, -0.1) is 5.11 Å². The van der Waals surface area contributed by atoms with Gasteiger partial charge in [0.15, 0.2) is 11.6 Å². The number of halogens is 4. The number of aromatic nitrogens is 3. The SMILES string of the molecule is Cc1nc(CN=Nc2ncc(F)c(N3CCOCC3C)n2)ccc1Nc1cccc(C(F)(F)F)c1. The molecule has 2 aromatic heterocycles. The Morgan fingerprint density at radius 1 is 1.20 bits per heavy atom. The van der Waals surface area contributed by atoms with Gasteiger partial charge in [-0.25, -0.2) is 9.37 Å². The first-order valence-electron chi connectivity index (χ1n) is 10.9. The van der Waals surface area contributed by atoms with Gasteiger partial charge in [0, 0.05) is 12.2 Å². The molecule has 0 bridgehead atoms. The third-order valence-electron chi connectivity index (χ3n) is 5.36. The lowest BCUT2D eigenvalue weighted by atomic mass is 10.2. The van der Waals surface area contributed by atoms with Crippen LogP contribution in [0.4, 0.5) is 40.7 Å². The lowest BCUT2D eigenvalue weighted by molar-refractivity contribution is -0.137. The summed E-state index contributed by atoms with van der Waals surface area (Å²) in [7, 11) is 0. The van der Waals surface area contributed by atoms with Gasteiger partial charge < -0.3 is 15.0 Å². The number of benzene rings is 1. The Labute approximate surface area is 199 Å². The Kier molecular flexibility index (Phi) is 7.20. The molecule has 1 atom stereocenters. The Morgan fingerprint density at radius 2 is 2.03 bits per heavy atom. The summed E-state index contributed by atoms with van der Waals surface area (Å²) in [6.45, 7) is 5.24. The van der Waals surface area contributed by atoms with Crippen molar-refractivity contribution >= 4 is 23.1 Å². The fraction of sp³-hybridized carbons (Fsp3) is 0.348. The number of alkyl halides is 3. The standard InChI is InChI=1S/C23H23F4N7O/c1-14-13-35-9-8-34(14)21-19(24)12-28-22(32-21)33-29-11-18-6-7-20(15(2)30-18)31-17-5-3-4-16(10-17)23(25,26)27/h3-7,10,12,14,31H,8-9,11,13H2,1-2H3. The van der Waals surface area contributed by atoms with E-state index >= 15 is 0 Å².